The number of carboxylic acid groups (broad SMARTS) is 1. The van der Waals surface area contributed by atoms with Gasteiger partial charge in [0.1, 0.15) is 11.8 Å². The molecule has 144 valence electrons. The van der Waals surface area contributed by atoms with Crippen LogP contribution in [0.2, 0.25) is 10.0 Å². The molecule has 12 heteroatoms. The molecule has 1 saturated heterocycles. The zero-order valence-corrected chi connectivity index (χ0v) is 14.6. The van der Waals surface area contributed by atoms with Crippen molar-refractivity contribution in [2.24, 2.45) is 0 Å². The SMILES string of the molecule is C[C@@H](C(=O)O)N1CCN(c2cc(OC(F)C(F)(F)F)c(Cl)cc2Cl)C1=O. The molecule has 1 aromatic rings. The first kappa shape index (κ1) is 20.4. The van der Waals surface area contributed by atoms with E-state index in [-0.39, 0.29) is 28.8 Å². The number of ether oxygens (including phenoxy) is 1. The van der Waals surface area contributed by atoms with E-state index in [1.54, 1.807) is 0 Å². The maximum absolute atomic E-state index is 13.1. The second-order valence-electron chi connectivity index (χ2n) is 5.35. The van der Waals surface area contributed by atoms with Crippen molar-refractivity contribution in [3.63, 3.8) is 0 Å². The number of urea groups is 1. The van der Waals surface area contributed by atoms with Crippen LogP contribution in [0.3, 0.4) is 0 Å². The number of alkyl halides is 4. The Morgan fingerprint density at radius 2 is 1.88 bits per heavy atom. The first-order valence-corrected chi connectivity index (χ1v) is 7.86. The Hall–Kier alpha value is -1.94. The summed E-state index contributed by atoms with van der Waals surface area (Å²) in [7, 11) is 0. The van der Waals surface area contributed by atoms with Crippen molar-refractivity contribution in [2.75, 3.05) is 18.0 Å². The number of hydrogen-bond acceptors (Lipinski definition) is 3. The van der Waals surface area contributed by atoms with Crippen molar-refractivity contribution in [3.05, 3.63) is 22.2 Å². The van der Waals surface area contributed by atoms with Crippen molar-refractivity contribution in [1.29, 1.82) is 0 Å². The van der Waals surface area contributed by atoms with Crippen LogP contribution in [0.15, 0.2) is 12.1 Å². The number of rotatable bonds is 5. The molecule has 1 aliphatic heterocycles. The third-order valence-electron chi connectivity index (χ3n) is 3.65. The summed E-state index contributed by atoms with van der Waals surface area (Å²) in [6.45, 7) is 1.38. The molecular weight excluding hydrogens is 407 g/mol. The molecule has 0 spiro atoms. The van der Waals surface area contributed by atoms with Crippen molar-refractivity contribution in [1.82, 2.24) is 4.90 Å². The molecule has 1 heterocycles. The highest BCUT2D eigenvalue weighted by atomic mass is 35.5. The average Bonchev–Trinajstić information content (AvgIpc) is 2.89. The average molecular weight is 419 g/mol. The summed E-state index contributed by atoms with van der Waals surface area (Å²) < 4.78 is 54.3. The van der Waals surface area contributed by atoms with Gasteiger partial charge in [0.05, 0.1) is 15.7 Å². The maximum atomic E-state index is 13.1. The lowest BCUT2D eigenvalue weighted by atomic mass is 10.2. The molecule has 1 aliphatic rings. The molecule has 1 N–H and O–H groups in total. The highest BCUT2D eigenvalue weighted by Gasteiger charge is 2.43. The van der Waals surface area contributed by atoms with E-state index in [1.165, 1.54) is 6.92 Å². The van der Waals surface area contributed by atoms with Crippen molar-refractivity contribution in [2.45, 2.75) is 25.5 Å². The van der Waals surface area contributed by atoms with E-state index in [2.05, 4.69) is 4.74 Å². The van der Waals surface area contributed by atoms with Crippen LogP contribution in [0.25, 0.3) is 0 Å². The zero-order chi connectivity index (χ0) is 19.8. The molecule has 0 aliphatic carbocycles. The highest BCUT2D eigenvalue weighted by Crippen LogP contribution is 2.39. The predicted molar refractivity (Wildman–Crippen MR) is 84.6 cm³/mol. The fourth-order valence-corrected chi connectivity index (χ4v) is 2.79. The van der Waals surface area contributed by atoms with Crippen LogP contribution in [0.5, 0.6) is 5.75 Å². The van der Waals surface area contributed by atoms with Crippen LogP contribution < -0.4 is 9.64 Å². The molecule has 6 nitrogen and oxygen atoms in total. The molecular formula is C14H12Cl2F4N2O4. The molecule has 0 radical (unpaired) electrons. The Morgan fingerprint density at radius 1 is 1.27 bits per heavy atom. The molecule has 1 aromatic carbocycles. The summed E-state index contributed by atoms with van der Waals surface area (Å²) in [5.74, 6) is -1.88. The van der Waals surface area contributed by atoms with Gasteiger partial charge in [-0.3, -0.25) is 4.90 Å². The molecule has 0 bridgehead atoms. The van der Waals surface area contributed by atoms with Gasteiger partial charge in [0, 0.05) is 19.2 Å². The molecule has 2 atom stereocenters. The van der Waals surface area contributed by atoms with Crippen LogP contribution >= 0.6 is 23.2 Å². The number of carboxylic acids is 1. The molecule has 1 fully saturated rings. The smallest absolute Gasteiger partial charge is 0.457 e. The summed E-state index contributed by atoms with van der Waals surface area (Å²) in [4.78, 5) is 25.5. The van der Waals surface area contributed by atoms with E-state index in [0.717, 1.165) is 21.9 Å². The first-order valence-electron chi connectivity index (χ1n) is 7.11. The lowest BCUT2D eigenvalue weighted by Crippen LogP contribution is -2.42. The summed E-state index contributed by atoms with van der Waals surface area (Å²) in [5, 5.41) is 8.53. The quantitative estimate of drug-likeness (QED) is 0.735. The molecule has 1 unspecified atom stereocenters. The van der Waals surface area contributed by atoms with Gasteiger partial charge < -0.3 is 14.7 Å². The van der Waals surface area contributed by atoms with Gasteiger partial charge in [0.2, 0.25) is 0 Å². The number of carbonyl (C=O) groups excluding carboxylic acids is 1. The van der Waals surface area contributed by atoms with Crippen LogP contribution in [0.4, 0.5) is 28.0 Å². The standard InChI is InChI=1S/C14H12Cl2F4N2O4/c1-6(11(23)24)21-2-3-22(13(21)25)9-5-10(8(16)4-7(9)15)26-12(17)14(18,19)20/h4-6,12H,2-3H2,1H3,(H,23,24)/t6-,12?/m0/s1. The minimum atomic E-state index is -5.26. The number of nitrogens with zero attached hydrogens (tertiary/aromatic N) is 2. The Morgan fingerprint density at radius 3 is 2.42 bits per heavy atom. The van der Waals surface area contributed by atoms with Gasteiger partial charge in [0.25, 0.3) is 0 Å². The van der Waals surface area contributed by atoms with Crippen LogP contribution in [0.1, 0.15) is 6.92 Å². The number of aliphatic carboxylic acids is 1. The maximum Gasteiger partial charge on any atom is 0.457 e. The minimum Gasteiger partial charge on any atom is -0.480 e. The minimum absolute atomic E-state index is 0.0234. The lowest BCUT2D eigenvalue weighted by Gasteiger charge is -2.23. The number of halogens is 6. The summed E-state index contributed by atoms with van der Waals surface area (Å²) in [6.07, 6.45) is -8.88. The number of amides is 2. The Kier molecular flexibility index (Phi) is 5.76. The summed E-state index contributed by atoms with van der Waals surface area (Å²) >= 11 is 11.7. The molecule has 0 aromatic heterocycles. The topological polar surface area (TPSA) is 70.1 Å². The third kappa shape index (κ3) is 4.07. The van der Waals surface area contributed by atoms with Crippen molar-refractivity contribution in [3.8, 4) is 5.75 Å². The van der Waals surface area contributed by atoms with Gasteiger partial charge in [-0.05, 0) is 13.0 Å². The third-order valence-corrected chi connectivity index (χ3v) is 4.24. The second-order valence-corrected chi connectivity index (χ2v) is 6.17. The van der Waals surface area contributed by atoms with E-state index in [0.29, 0.717) is 0 Å². The van der Waals surface area contributed by atoms with Crippen LogP contribution in [-0.2, 0) is 4.79 Å². The van der Waals surface area contributed by atoms with Gasteiger partial charge in [-0.25, -0.2) is 9.59 Å². The van der Waals surface area contributed by atoms with Crippen molar-refractivity contribution < 1.29 is 37.0 Å². The Bertz CT molecular complexity index is 732. The fraction of sp³-hybridized carbons (Fsp3) is 0.429. The number of hydrogen-bond donors (Lipinski definition) is 1. The monoisotopic (exact) mass is 418 g/mol. The van der Waals surface area contributed by atoms with E-state index in [1.807, 2.05) is 0 Å². The van der Waals surface area contributed by atoms with E-state index < -0.39 is 36.3 Å². The Balaban J connectivity index is 2.32. The zero-order valence-electron chi connectivity index (χ0n) is 13.1. The van der Waals surface area contributed by atoms with Gasteiger partial charge in [0.15, 0.2) is 0 Å². The first-order chi connectivity index (χ1) is 11.9. The predicted octanol–water partition coefficient (Wildman–Crippen LogP) is 3.95. The largest absolute Gasteiger partial charge is 0.480 e. The van der Waals surface area contributed by atoms with Gasteiger partial charge in [-0.2, -0.15) is 17.6 Å². The van der Waals surface area contributed by atoms with Crippen LogP contribution in [-0.4, -0.2) is 53.7 Å². The second kappa shape index (κ2) is 7.36. The molecule has 26 heavy (non-hydrogen) atoms. The van der Waals surface area contributed by atoms with Gasteiger partial charge in [-0.15, -0.1) is 0 Å². The number of carbonyl (C=O) groups is 2. The summed E-state index contributed by atoms with van der Waals surface area (Å²) in [6, 6.07) is 0.0703. The lowest BCUT2D eigenvalue weighted by molar-refractivity contribution is -0.236. The normalized spacial score (nSPS) is 17.4. The van der Waals surface area contributed by atoms with Gasteiger partial charge >= 0.3 is 24.5 Å². The van der Waals surface area contributed by atoms with Crippen LogP contribution in [0, 0.1) is 0 Å². The van der Waals surface area contributed by atoms with Crippen molar-refractivity contribution >= 4 is 40.9 Å². The molecule has 0 saturated carbocycles. The molecule has 2 rings (SSSR count). The fourth-order valence-electron chi connectivity index (χ4n) is 2.26. The Labute approximate surface area is 154 Å². The van der Waals surface area contributed by atoms with Gasteiger partial charge in [-0.1, -0.05) is 23.2 Å². The van der Waals surface area contributed by atoms with E-state index in [4.69, 9.17) is 28.3 Å². The summed E-state index contributed by atoms with van der Waals surface area (Å²) in [5.41, 5.74) is -0.0782. The number of benzene rings is 1. The number of anilines is 1. The highest BCUT2D eigenvalue weighted by molar-refractivity contribution is 6.37. The van der Waals surface area contributed by atoms with E-state index >= 15 is 0 Å². The molecule has 2 amide bonds. The van der Waals surface area contributed by atoms with E-state index in [9.17, 15) is 27.2 Å².